The van der Waals surface area contributed by atoms with E-state index in [1.165, 1.54) is 0 Å². The lowest BCUT2D eigenvalue weighted by molar-refractivity contribution is 0.0963. The summed E-state index contributed by atoms with van der Waals surface area (Å²) in [6.07, 6.45) is 4.83. The fourth-order valence-corrected chi connectivity index (χ4v) is 3.78. The molecule has 0 bridgehead atoms. The number of nitrogens with one attached hydrogen (secondary N) is 3. The second-order valence-corrected chi connectivity index (χ2v) is 7.81. The molecule has 0 aliphatic carbocycles. The van der Waals surface area contributed by atoms with Gasteiger partial charge in [-0.05, 0) is 56.0 Å². The molecule has 7 heteroatoms. The second-order valence-electron chi connectivity index (χ2n) is 7.81. The molecule has 1 aromatic heterocycles. The second kappa shape index (κ2) is 12.1. The van der Waals surface area contributed by atoms with Crippen LogP contribution in [0.5, 0.6) is 0 Å². The lowest BCUT2D eigenvalue weighted by atomic mass is 10.0. The molecule has 0 saturated carbocycles. The van der Waals surface area contributed by atoms with Gasteiger partial charge in [0.05, 0.1) is 5.69 Å². The fourth-order valence-electron chi connectivity index (χ4n) is 3.78. The summed E-state index contributed by atoms with van der Waals surface area (Å²) >= 11 is 0. The topological polar surface area (TPSA) is 81.6 Å². The van der Waals surface area contributed by atoms with Gasteiger partial charge in [0.15, 0.2) is 5.96 Å². The van der Waals surface area contributed by atoms with Gasteiger partial charge in [0.1, 0.15) is 0 Å². The molecule has 1 aliphatic heterocycles. The van der Waals surface area contributed by atoms with E-state index in [1.807, 2.05) is 42.6 Å². The van der Waals surface area contributed by atoms with Gasteiger partial charge in [-0.2, -0.15) is 0 Å². The highest BCUT2D eigenvalue weighted by molar-refractivity contribution is 5.94. The molecule has 166 valence electrons. The molecule has 1 aromatic carbocycles. The molecule has 3 N–H and O–H groups in total. The van der Waals surface area contributed by atoms with Crippen LogP contribution in [0.3, 0.4) is 0 Å². The summed E-state index contributed by atoms with van der Waals surface area (Å²) < 4.78 is 0. The van der Waals surface area contributed by atoms with Crippen molar-refractivity contribution in [2.24, 2.45) is 4.99 Å². The molecule has 1 fully saturated rings. The van der Waals surface area contributed by atoms with Crippen LogP contribution < -0.4 is 16.0 Å². The Balaban J connectivity index is 1.47. The van der Waals surface area contributed by atoms with Crippen LogP contribution in [0.2, 0.25) is 0 Å². The number of nitrogens with zero attached hydrogens (tertiary/aromatic N) is 3. The van der Waals surface area contributed by atoms with Gasteiger partial charge >= 0.3 is 0 Å². The Morgan fingerprint density at radius 3 is 2.74 bits per heavy atom. The van der Waals surface area contributed by atoms with Gasteiger partial charge in [-0.15, -0.1) is 0 Å². The van der Waals surface area contributed by atoms with E-state index in [4.69, 9.17) is 4.99 Å². The minimum Gasteiger partial charge on any atom is -0.357 e. The van der Waals surface area contributed by atoms with Crippen molar-refractivity contribution < 1.29 is 4.79 Å². The van der Waals surface area contributed by atoms with Crippen LogP contribution in [-0.2, 0) is 13.0 Å². The number of likely N-dealkylation sites (tertiary alicyclic amines) is 1. The number of hydrogen-bond acceptors (Lipinski definition) is 4. The first-order chi connectivity index (χ1) is 15.2. The Hall–Kier alpha value is -2.93. The van der Waals surface area contributed by atoms with Crippen LogP contribution in [0, 0.1) is 0 Å². The van der Waals surface area contributed by atoms with E-state index < -0.39 is 0 Å². The van der Waals surface area contributed by atoms with Gasteiger partial charge in [-0.25, -0.2) is 0 Å². The molecule has 0 atom stereocenters. The van der Waals surface area contributed by atoms with E-state index in [0.717, 1.165) is 62.7 Å². The minimum absolute atomic E-state index is 0.0604. The molecular formula is C24H34N6O. The number of hydrogen-bond donors (Lipinski definition) is 3. The molecule has 2 aromatic rings. The van der Waals surface area contributed by atoms with E-state index in [9.17, 15) is 4.79 Å². The molecule has 0 spiro atoms. The van der Waals surface area contributed by atoms with Gasteiger partial charge in [-0.3, -0.25) is 19.7 Å². The minimum atomic E-state index is -0.0604. The van der Waals surface area contributed by atoms with Gasteiger partial charge < -0.3 is 16.0 Å². The Kier molecular flexibility index (Phi) is 8.84. The van der Waals surface area contributed by atoms with Crippen LogP contribution in [0.25, 0.3) is 0 Å². The monoisotopic (exact) mass is 422 g/mol. The van der Waals surface area contributed by atoms with Gasteiger partial charge in [0.2, 0.25) is 0 Å². The quantitative estimate of drug-likeness (QED) is 0.449. The third-order valence-corrected chi connectivity index (χ3v) is 5.47. The number of rotatable bonds is 8. The van der Waals surface area contributed by atoms with Crippen molar-refractivity contribution in [1.82, 2.24) is 25.8 Å². The largest absolute Gasteiger partial charge is 0.357 e. The first-order valence-corrected chi connectivity index (χ1v) is 11.2. The van der Waals surface area contributed by atoms with E-state index >= 15 is 0 Å². The molecule has 1 saturated heterocycles. The van der Waals surface area contributed by atoms with Crippen LogP contribution in [0.4, 0.5) is 0 Å². The van der Waals surface area contributed by atoms with E-state index in [1.54, 1.807) is 7.05 Å². The maximum absolute atomic E-state index is 11.8. The smallest absolute Gasteiger partial charge is 0.251 e. The van der Waals surface area contributed by atoms with Crippen LogP contribution >= 0.6 is 0 Å². The Morgan fingerprint density at radius 2 is 2.03 bits per heavy atom. The van der Waals surface area contributed by atoms with Crippen molar-refractivity contribution in [1.29, 1.82) is 0 Å². The number of guanidine groups is 1. The predicted octanol–water partition coefficient (Wildman–Crippen LogP) is 2.20. The van der Waals surface area contributed by atoms with Crippen molar-refractivity contribution in [3.63, 3.8) is 0 Å². The van der Waals surface area contributed by atoms with E-state index in [-0.39, 0.29) is 5.91 Å². The summed E-state index contributed by atoms with van der Waals surface area (Å²) in [5.41, 5.74) is 2.93. The predicted molar refractivity (Wildman–Crippen MR) is 125 cm³/mol. The molecule has 31 heavy (non-hydrogen) atoms. The summed E-state index contributed by atoms with van der Waals surface area (Å²) in [5.74, 6) is 0.808. The first-order valence-electron chi connectivity index (χ1n) is 11.2. The highest BCUT2D eigenvalue weighted by Gasteiger charge is 2.20. The number of carbonyl (C=O) groups is 1. The molecule has 1 amide bonds. The van der Waals surface area contributed by atoms with E-state index in [0.29, 0.717) is 18.2 Å². The number of aromatic nitrogens is 1. The summed E-state index contributed by atoms with van der Waals surface area (Å²) in [4.78, 5) is 23.5. The lowest BCUT2D eigenvalue weighted by Gasteiger charge is -2.32. The van der Waals surface area contributed by atoms with E-state index in [2.05, 4.69) is 38.8 Å². The highest BCUT2D eigenvalue weighted by atomic mass is 16.1. The summed E-state index contributed by atoms with van der Waals surface area (Å²) in [6.45, 7) is 6.61. The molecule has 1 aliphatic rings. The average molecular weight is 423 g/mol. The van der Waals surface area contributed by atoms with Gasteiger partial charge in [0, 0.05) is 57.6 Å². The lowest BCUT2D eigenvalue weighted by Crippen LogP contribution is -2.48. The van der Waals surface area contributed by atoms with Gasteiger partial charge in [0.25, 0.3) is 5.91 Å². The highest BCUT2D eigenvalue weighted by Crippen LogP contribution is 2.13. The van der Waals surface area contributed by atoms with Crippen LogP contribution in [0.15, 0.2) is 53.7 Å². The normalized spacial score (nSPS) is 15.5. The first kappa shape index (κ1) is 22.7. The van der Waals surface area contributed by atoms with Crippen molar-refractivity contribution >= 4 is 11.9 Å². The van der Waals surface area contributed by atoms with Crippen molar-refractivity contribution in [3.8, 4) is 0 Å². The van der Waals surface area contributed by atoms with Crippen LogP contribution in [-0.4, -0.2) is 61.0 Å². The maximum atomic E-state index is 11.8. The maximum Gasteiger partial charge on any atom is 0.251 e. The molecule has 0 unspecified atom stereocenters. The van der Waals surface area contributed by atoms with Crippen molar-refractivity contribution in [3.05, 3.63) is 65.5 Å². The third kappa shape index (κ3) is 7.36. The molecular weight excluding hydrogens is 388 g/mol. The number of pyridine rings is 1. The zero-order valence-electron chi connectivity index (χ0n) is 18.6. The Labute approximate surface area is 185 Å². The number of aliphatic imine (C=N–C) groups is 1. The SMILES string of the molecule is CCNC(=NCCc1cccc(C(=O)NC)c1)NC1CCN(Cc2ccccn2)CC1. The zero-order chi connectivity index (χ0) is 21.9. The zero-order valence-corrected chi connectivity index (χ0v) is 18.6. The Bertz CT molecular complexity index is 846. The van der Waals surface area contributed by atoms with Crippen molar-refractivity contribution in [2.45, 2.75) is 38.8 Å². The number of benzene rings is 1. The summed E-state index contributed by atoms with van der Waals surface area (Å²) in [6, 6.07) is 14.2. The number of carbonyl (C=O) groups excluding carboxylic acids is 1. The standard InChI is InChI=1S/C24H34N6O/c1-3-26-24(28-14-10-19-7-6-8-20(17-19)23(31)25-2)29-21-11-15-30(16-12-21)18-22-9-4-5-13-27-22/h4-9,13,17,21H,3,10-12,14-16,18H2,1-2H3,(H,25,31)(H2,26,28,29). The van der Waals surface area contributed by atoms with Crippen LogP contribution in [0.1, 0.15) is 41.4 Å². The molecule has 2 heterocycles. The third-order valence-electron chi connectivity index (χ3n) is 5.47. The molecule has 0 radical (unpaired) electrons. The summed E-state index contributed by atoms with van der Waals surface area (Å²) in [5, 5.41) is 9.62. The fraction of sp³-hybridized carbons (Fsp3) is 0.458. The summed E-state index contributed by atoms with van der Waals surface area (Å²) in [7, 11) is 1.65. The number of amides is 1. The average Bonchev–Trinajstić information content (AvgIpc) is 2.81. The molecule has 3 rings (SSSR count). The Morgan fingerprint density at radius 1 is 1.19 bits per heavy atom. The molecule has 7 nitrogen and oxygen atoms in total. The number of piperidine rings is 1. The van der Waals surface area contributed by atoms with Crippen molar-refractivity contribution in [2.75, 3.05) is 33.2 Å². The van der Waals surface area contributed by atoms with Gasteiger partial charge in [-0.1, -0.05) is 18.2 Å².